The van der Waals surface area contributed by atoms with Gasteiger partial charge in [-0.2, -0.15) is 0 Å². The predicted octanol–water partition coefficient (Wildman–Crippen LogP) is 3.57. The maximum atomic E-state index is 6.37. The van der Waals surface area contributed by atoms with Gasteiger partial charge in [-0.3, -0.25) is 0 Å². The number of benzene rings is 2. The van der Waals surface area contributed by atoms with Gasteiger partial charge in [0.15, 0.2) is 0 Å². The van der Waals surface area contributed by atoms with Crippen molar-refractivity contribution in [1.29, 1.82) is 0 Å². The third-order valence-corrected chi connectivity index (χ3v) is 5.67. The lowest BCUT2D eigenvalue weighted by Crippen LogP contribution is -2.46. The summed E-state index contributed by atoms with van der Waals surface area (Å²) >= 11 is 0. The number of nitrogens with two attached hydrogens (primary N) is 2. The van der Waals surface area contributed by atoms with Crippen LogP contribution < -0.4 is 11.5 Å². The zero-order valence-electron chi connectivity index (χ0n) is 12.0. The topological polar surface area (TPSA) is 52.0 Å². The molecule has 2 aromatic carbocycles. The van der Waals surface area contributed by atoms with Crippen molar-refractivity contribution in [3.63, 3.8) is 0 Å². The molecule has 3 aliphatic rings. The SMILES string of the molecule is CC12CCC(C)(c3ccccc31)c1c2ccc(N)c1N. The molecule has 0 amide bonds. The average molecular weight is 264 g/mol. The largest absolute Gasteiger partial charge is 0.397 e. The van der Waals surface area contributed by atoms with Crippen molar-refractivity contribution in [2.75, 3.05) is 11.5 Å². The Hall–Kier alpha value is -1.96. The van der Waals surface area contributed by atoms with Crippen molar-refractivity contribution in [3.8, 4) is 0 Å². The van der Waals surface area contributed by atoms with Gasteiger partial charge in [-0.25, -0.2) is 0 Å². The Morgan fingerprint density at radius 1 is 0.800 bits per heavy atom. The average Bonchev–Trinajstić information content (AvgIpc) is 2.45. The summed E-state index contributed by atoms with van der Waals surface area (Å²) in [5.74, 6) is 0. The molecule has 0 saturated heterocycles. The van der Waals surface area contributed by atoms with E-state index in [1.165, 1.54) is 28.7 Å². The molecule has 0 spiro atoms. The third kappa shape index (κ3) is 1.12. The second-order valence-electron chi connectivity index (χ2n) is 6.70. The summed E-state index contributed by atoms with van der Waals surface area (Å²) in [5, 5.41) is 0. The highest BCUT2D eigenvalue weighted by Crippen LogP contribution is 2.60. The number of hydrogen-bond acceptors (Lipinski definition) is 2. The molecule has 0 heterocycles. The lowest BCUT2D eigenvalue weighted by Gasteiger charge is -2.53. The van der Waals surface area contributed by atoms with Crippen LogP contribution in [0.15, 0.2) is 36.4 Å². The van der Waals surface area contributed by atoms with E-state index in [1.54, 1.807) is 0 Å². The summed E-state index contributed by atoms with van der Waals surface area (Å²) in [6.07, 6.45) is 2.32. The van der Waals surface area contributed by atoms with Crippen molar-refractivity contribution >= 4 is 11.4 Å². The molecular formula is C18H20N2. The Morgan fingerprint density at radius 3 is 2.10 bits per heavy atom. The van der Waals surface area contributed by atoms with Crippen LogP contribution in [-0.2, 0) is 10.8 Å². The molecule has 2 unspecified atom stereocenters. The van der Waals surface area contributed by atoms with E-state index in [-0.39, 0.29) is 10.8 Å². The van der Waals surface area contributed by atoms with Crippen LogP contribution in [0.4, 0.5) is 11.4 Å². The fourth-order valence-corrected chi connectivity index (χ4v) is 4.44. The summed E-state index contributed by atoms with van der Waals surface area (Å²) in [6.45, 7) is 4.66. The fourth-order valence-electron chi connectivity index (χ4n) is 4.44. The van der Waals surface area contributed by atoms with Crippen molar-refractivity contribution < 1.29 is 0 Å². The van der Waals surface area contributed by atoms with Crippen molar-refractivity contribution in [1.82, 2.24) is 0 Å². The first kappa shape index (κ1) is 11.8. The van der Waals surface area contributed by atoms with Gasteiger partial charge >= 0.3 is 0 Å². The molecule has 2 heteroatoms. The van der Waals surface area contributed by atoms with E-state index < -0.39 is 0 Å². The van der Waals surface area contributed by atoms with Gasteiger partial charge in [0.1, 0.15) is 0 Å². The molecule has 102 valence electrons. The summed E-state index contributed by atoms with van der Waals surface area (Å²) in [6, 6.07) is 13.0. The first-order chi connectivity index (χ1) is 9.48. The molecule has 0 aromatic heterocycles. The number of nitrogen functional groups attached to an aromatic ring is 2. The zero-order valence-corrected chi connectivity index (χ0v) is 12.0. The highest BCUT2D eigenvalue weighted by molar-refractivity contribution is 5.77. The number of hydrogen-bond donors (Lipinski definition) is 2. The quantitative estimate of drug-likeness (QED) is 0.715. The Morgan fingerprint density at radius 2 is 1.40 bits per heavy atom. The number of rotatable bonds is 0. The summed E-state index contributed by atoms with van der Waals surface area (Å²) in [5.41, 5.74) is 19.5. The molecule has 2 atom stereocenters. The van der Waals surface area contributed by atoms with Crippen LogP contribution in [0.2, 0.25) is 0 Å². The van der Waals surface area contributed by atoms with Gasteiger partial charge in [-0.1, -0.05) is 44.2 Å². The highest BCUT2D eigenvalue weighted by atomic mass is 14.7. The van der Waals surface area contributed by atoms with Crippen LogP contribution in [0.1, 0.15) is 48.9 Å². The van der Waals surface area contributed by atoms with Crippen LogP contribution in [0.5, 0.6) is 0 Å². The van der Waals surface area contributed by atoms with Crippen molar-refractivity contribution in [2.45, 2.75) is 37.5 Å². The van der Waals surface area contributed by atoms with E-state index >= 15 is 0 Å². The van der Waals surface area contributed by atoms with E-state index in [0.29, 0.717) is 5.69 Å². The van der Waals surface area contributed by atoms with Crippen LogP contribution >= 0.6 is 0 Å². The van der Waals surface area contributed by atoms with Gasteiger partial charge in [0.25, 0.3) is 0 Å². The lowest BCUT2D eigenvalue weighted by atomic mass is 9.50. The van der Waals surface area contributed by atoms with E-state index in [0.717, 1.165) is 12.1 Å². The van der Waals surface area contributed by atoms with Crippen molar-refractivity contribution in [3.05, 3.63) is 58.7 Å². The van der Waals surface area contributed by atoms with Crippen molar-refractivity contribution in [2.24, 2.45) is 0 Å². The number of fused-ring (bicyclic) bond motifs is 1. The Balaban J connectivity index is 2.17. The second kappa shape index (κ2) is 3.38. The second-order valence-corrected chi connectivity index (χ2v) is 6.70. The first-order valence-corrected chi connectivity index (χ1v) is 7.27. The molecule has 20 heavy (non-hydrogen) atoms. The van der Waals surface area contributed by atoms with Gasteiger partial charge in [0.2, 0.25) is 0 Å². The molecule has 4 N–H and O–H groups in total. The van der Waals surface area contributed by atoms with Gasteiger partial charge in [0, 0.05) is 10.8 Å². The van der Waals surface area contributed by atoms with E-state index in [4.69, 9.17) is 11.5 Å². The minimum Gasteiger partial charge on any atom is -0.397 e. The van der Waals surface area contributed by atoms with E-state index in [9.17, 15) is 0 Å². The molecule has 5 rings (SSSR count). The Kier molecular flexibility index (Phi) is 2.00. The maximum Gasteiger partial charge on any atom is 0.0592 e. The molecular weight excluding hydrogens is 244 g/mol. The van der Waals surface area contributed by atoms with Gasteiger partial charge < -0.3 is 11.5 Å². The zero-order chi connectivity index (χ0) is 14.1. The Bertz CT molecular complexity index is 734. The van der Waals surface area contributed by atoms with Crippen LogP contribution in [0.3, 0.4) is 0 Å². The monoisotopic (exact) mass is 264 g/mol. The van der Waals surface area contributed by atoms with Crippen LogP contribution in [0.25, 0.3) is 0 Å². The Labute approximate surface area is 119 Å². The van der Waals surface area contributed by atoms with Gasteiger partial charge in [0.05, 0.1) is 11.4 Å². The van der Waals surface area contributed by atoms with Gasteiger partial charge in [-0.15, -0.1) is 0 Å². The molecule has 2 nitrogen and oxygen atoms in total. The first-order valence-electron chi connectivity index (χ1n) is 7.27. The molecule has 0 saturated carbocycles. The van der Waals surface area contributed by atoms with E-state index in [2.05, 4.69) is 44.2 Å². The smallest absolute Gasteiger partial charge is 0.0592 e. The predicted molar refractivity (Wildman–Crippen MR) is 83.9 cm³/mol. The normalized spacial score (nSPS) is 29.9. The summed E-state index contributed by atoms with van der Waals surface area (Å²) in [4.78, 5) is 0. The fraction of sp³-hybridized carbons (Fsp3) is 0.333. The van der Waals surface area contributed by atoms with Crippen LogP contribution in [-0.4, -0.2) is 0 Å². The number of anilines is 2. The van der Waals surface area contributed by atoms with E-state index in [1.807, 2.05) is 6.07 Å². The maximum absolute atomic E-state index is 6.37. The minimum absolute atomic E-state index is 0.00313. The highest BCUT2D eigenvalue weighted by Gasteiger charge is 2.52. The molecule has 3 aliphatic carbocycles. The minimum atomic E-state index is 0.00313. The molecule has 0 fully saturated rings. The molecule has 0 radical (unpaired) electrons. The third-order valence-electron chi connectivity index (χ3n) is 5.67. The summed E-state index contributed by atoms with van der Waals surface area (Å²) < 4.78 is 0. The molecule has 2 aromatic rings. The van der Waals surface area contributed by atoms with Gasteiger partial charge in [-0.05, 0) is 41.2 Å². The molecule has 0 aliphatic heterocycles. The summed E-state index contributed by atoms with van der Waals surface area (Å²) in [7, 11) is 0. The lowest BCUT2D eigenvalue weighted by molar-refractivity contribution is 0.328. The van der Waals surface area contributed by atoms with Crippen LogP contribution in [0, 0.1) is 0 Å². The standard InChI is InChI=1S/C18H20N2/c1-17-9-10-18(2,12-6-4-3-5-11(12)17)15-13(17)7-8-14(19)16(15)20/h3-8H,9-10,19-20H2,1-2H3. The molecule has 2 bridgehead atoms.